The Morgan fingerprint density at radius 2 is 1.02 bits per heavy atom. The Bertz CT molecular complexity index is 2570. The lowest BCUT2D eigenvalue weighted by Gasteiger charge is -2.11. The average molecular weight is 829 g/mol. The van der Waals surface area contributed by atoms with Gasteiger partial charge in [0.05, 0.1) is 5.56 Å². The van der Waals surface area contributed by atoms with Crippen molar-refractivity contribution in [3.05, 3.63) is 154 Å². The smallest absolute Gasteiger partial charge is 0.322 e. The largest absolute Gasteiger partial charge is 0.435 e. The van der Waals surface area contributed by atoms with E-state index in [1.807, 2.05) is 0 Å². The molecule has 2 aromatic heterocycles. The summed E-state index contributed by atoms with van der Waals surface area (Å²) in [7, 11) is 0. The van der Waals surface area contributed by atoms with Crippen molar-refractivity contribution >= 4 is 23.2 Å². The maximum atomic E-state index is 14.7. The molecule has 2 aliphatic rings. The lowest BCUT2D eigenvalue weighted by atomic mass is 10.1. The van der Waals surface area contributed by atoms with Crippen LogP contribution in [0.1, 0.15) is 86.6 Å². The maximum Gasteiger partial charge on any atom is 0.435 e. The van der Waals surface area contributed by atoms with Gasteiger partial charge in [0.25, 0.3) is 11.8 Å². The van der Waals surface area contributed by atoms with Gasteiger partial charge in [0.2, 0.25) is 0 Å². The fourth-order valence-corrected chi connectivity index (χ4v) is 6.21. The maximum absolute atomic E-state index is 14.7. The number of anilines is 2. The molecule has 0 atom stereocenters. The van der Waals surface area contributed by atoms with E-state index in [2.05, 4.69) is 20.8 Å². The van der Waals surface area contributed by atoms with E-state index in [9.17, 15) is 53.5 Å². The molecule has 2 amide bonds. The highest BCUT2D eigenvalue weighted by atomic mass is 19.4. The van der Waals surface area contributed by atoms with Crippen molar-refractivity contribution in [1.82, 2.24) is 19.6 Å². The molecule has 2 N–H and O–H groups in total. The molecule has 2 saturated carbocycles. The fourth-order valence-electron chi connectivity index (χ4n) is 6.21. The Labute approximate surface area is 328 Å². The zero-order valence-corrected chi connectivity index (χ0v) is 30.5. The normalized spacial score (nSPS) is 14.1. The molecule has 0 saturated heterocycles. The van der Waals surface area contributed by atoms with Crippen molar-refractivity contribution in [3.8, 4) is 11.4 Å². The zero-order chi connectivity index (χ0) is 42.4. The summed E-state index contributed by atoms with van der Waals surface area (Å²) in [5, 5.41) is 11.9. The summed E-state index contributed by atoms with van der Waals surface area (Å²) in [6.45, 7) is 1.79. The molecule has 2 heterocycles. The molecule has 2 fully saturated rings. The molecule has 59 heavy (non-hydrogen) atoms. The van der Waals surface area contributed by atoms with Crippen LogP contribution in [0, 0.1) is 30.2 Å². The second kappa shape index (κ2) is 15.7. The molecule has 0 aliphatic heterocycles. The third kappa shape index (κ3) is 9.00. The Hall–Kier alpha value is -6.46. The number of nitrogens with zero attached hydrogens (tertiary/aromatic N) is 4. The first-order valence-electron chi connectivity index (χ1n) is 18.0. The number of alkyl halides is 6. The van der Waals surface area contributed by atoms with E-state index >= 15 is 0 Å². The molecule has 4 aromatic carbocycles. The SMILES string of the molecule is Cc1ccccc1C(=O)Nc1ccc(-n2nc(C(F)(F)F)cc2C2CC2)c(F)c1.O=C(Nc1ccc(-n2nc(C(F)(F)F)cc2C2CC2)c(F)c1)c1cccc(F)c1F. The van der Waals surface area contributed by atoms with Crippen LogP contribution in [0.5, 0.6) is 0 Å². The van der Waals surface area contributed by atoms with Gasteiger partial charge in [-0.25, -0.2) is 26.9 Å². The minimum absolute atomic E-state index is 0.0570. The minimum atomic E-state index is -4.67. The summed E-state index contributed by atoms with van der Waals surface area (Å²) >= 11 is 0. The molecule has 306 valence electrons. The van der Waals surface area contributed by atoms with Crippen LogP contribution in [-0.4, -0.2) is 31.4 Å². The summed E-state index contributed by atoms with van der Waals surface area (Å²) < 4.78 is 137. The van der Waals surface area contributed by atoms with Gasteiger partial charge in [-0.15, -0.1) is 0 Å². The van der Waals surface area contributed by atoms with Crippen LogP contribution in [0.15, 0.2) is 91.0 Å². The van der Waals surface area contributed by atoms with Gasteiger partial charge in [-0.3, -0.25) is 9.59 Å². The first-order valence-corrected chi connectivity index (χ1v) is 18.0. The monoisotopic (exact) mass is 828 g/mol. The van der Waals surface area contributed by atoms with Gasteiger partial charge in [0, 0.05) is 40.2 Å². The lowest BCUT2D eigenvalue weighted by Crippen LogP contribution is -2.15. The van der Waals surface area contributed by atoms with Gasteiger partial charge in [-0.2, -0.15) is 36.5 Å². The third-order valence-corrected chi connectivity index (χ3v) is 9.50. The highest BCUT2D eigenvalue weighted by Crippen LogP contribution is 2.44. The first-order chi connectivity index (χ1) is 27.9. The number of rotatable bonds is 8. The van der Waals surface area contributed by atoms with Crippen LogP contribution in [0.25, 0.3) is 11.4 Å². The number of hydrogen-bond acceptors (Lipinski definition) is 4. The second-order valence-corrected chi connectivity index (χ2v) is 13.9. The Kier molecular flexibility index (Phi) is 10.8. The molecule has 18 heteroatoms. The number of nitrogens with one attached hydrogen (secondary N) is 2. The van der Waals surface area contributed by atoms with Crippen molar-refractivity contribution in [2.75, 3.05) is 10.6 Å². The number of halogens is 10. The van der Waals surface area contributed by atoms with E-state index < -0.39 is 64.4 Å². The molecular weight excluding hydrogens is 798 g/mol. The van der Waals surface area contributed by atoms with Gasteiger partial charge in [-0.1, -0.05) is 24.3 Å². The standard InChI is InChI=1S/C21H17F4N3O.C20H13F6N3O/c1-12-4-2-3-5-15(12)20(29)26-14-8-9-17(16(22)10-14)28-18(13-6-7-13)11-19(27-28)21(23,24)25;21-13-3-1-2-12(18(13)23)19(30)27-11-6-7-15(14(22)8-11)29-16(10-4-5-10)9-17(28-29)20(24,25)26/h2-5,8-11,13H,6-7H2,1H3,(H,26,29);1-3,6-10H,4-5H2,(H,27,30). The van der Waals surface area contributed by atoms with Gasteiger partial charge >= 0.3 is 12.4 Å². The molecule has 0 radical (unpaired) electrons. The van der Waals surface area contributed by atoms with E-state index in [0.29, 0.717) is 24.1 Å². The molecular formula is C41H30F10N6O2. The number of benzene rings is 4. The quantitative estimate of drug-likeness (QED) is 0.149. The number of hydrogen-bond donors (Lipinski definition) is 2. The van der Waals surface area contributed by atoms with Crippen LogP contribution in [0.4, 0.5) is 55.3 Å². The van der Waals surface area contributed by atoms with Gasteiger partial charge in [-0.05, 0) is 105 Å². The van der Waals surface area contributed by atoms with Crippen molar-refractivity contribution < 1.29 is 53.5 Å². The number of carbonyl (C=O) groups excluding carboxylic acids is 2. The molecule has 0 unspecified atom stereocenters. The number of carbonyl (C=O) groups is 2. The summed E-state index contributed by atoms with van der Waals surface area (Å²) in [5.41, 5.74) is -1.11. The lowest BCUT2D eigenvalue weighted by molar-refractivity contribution is -0.142. The third-order valence-electron chi connectivity index (χ3n) is 9.50. The summed E-state index contributed by atoms with van der Waals surface area (Å²) in [6, 6.07) is 19.0. The molecule has 8 rings (SSSR count). The van der Waals surface area contributed by atoms with Crippen molar-refractivity contribution in [2.45, 2.75) is 56.8 Å². The van der Waals surface area contributed by atoms with Crippen molar-refractivity contribution in [1.29, 1.82) is 0 Å². The predicted octanol–water partition coefficient (Wildman–Crippen LogP) is 10.9. The molecule has 6 aromatic rings. The van der Waals surface area contributed by atoms with Crippen LogP contribution in [-0.2, 0) is 12.4 Å². The van der Waals surface area contributed by atoms with E-state index in [-0.39, 0.29) is 40.3 Å². The Balaban J connectivity index is 0.000000179. The summed E-state index contributed by atoms with van der Waals surface area (Å²) in [5.74, 6) is -5.86. The fraction of sp³-hybridized carbons (Fsp3) is 0.220. The van der Waals surface area contributed by atoms with E-state index in [1.54, 1.807) is 31.2 Å². The number of amides is 2. The summed E-state index contributed by atoms with van der Waals surface area (Å²) in [6.07, 6.45) is -6.43. The molecule has 2 aliphatic carbocycles. The predicted molar refractivity (Wildman–Crippen MR) is 194 cm³/mol. The zero-order valence-electron chi connectivity index (χ0n) is 30.5. The summed E-state index contributed by atoms with van der Waals surface area (Å²) in [4.78, 5) is 24.5. The van der Waals surface area contributed by atoms with E-state index in [0.717, 1.165) is 76.3 Å². The first kappa shape index (κ1) is 40.7. The Morgan fingerprint density at radius 3 is 1.44 bits per heavy atom. The molecule has 8 nitrogen and oxygen atoms in total. The topological polar surface area (TPSA) is 93.8 Å². The van der Waals surface area contributed by atoms with E-state index in [4.69, 9.17) is 0 Å². The average Bonchev–Trinajstić information content (AvgIpc) is 4.11. The van der Waals surface area contributed by atoms with Crippen molar-refractivity contribution in [3.63, 3.8) is 0 Å². The van der Waals surface area contributed by atoms with Crippen LogP contribution >= 0.6 is 0 Å². The number of aryl methyl sites for hydroxylation is 1. The van der Waals surface area contributed by atoms with E-state index in [1.165, 1.54) is 18.2 Å². The second-order valence-electron chi connectivity index (χ2n) is 13.9. The van der Waals surface area contributed by atoms with Gasteiger partial charge < -0.3 is 10.6 Å². The highest BCUT2D eigenvalue weighted by Gasteiger charge is 2.40. The molecule has 0 bridgehead atoms. The highest BCUT2D eigenvalue weighted by molar-refractivity contribution is 6.05. The van der Waals surface area contributed by atoms with Crippen LogP contribution in [0.2, 0.25) is 0 Å². The van der Waals surface area contributed by atoms with Crippen LogP contribution in [0.3, 0.4) is 0 Å². The van der Waals surface area contributed by atoms with Crippen molar-refractivity contribution in [2.24, 2.45) is 0 Å². The van der Waals surface area contributed by atoms with Gasteiger partial charge in [0.1, 0.15) is 11.4 Å². The molecule has 0 spiro atoms. The number of aromatic nitrogens is 4. The Morgan fingerprint density at radius 1 is 0.576 bits per heavy atom. The van der Waals surface area contributed by atoms with Crippen LogP contribution < -0.4 is 10.6 Å². The van der Waals surface area contributed by atoms with Gasteiger partial charge in [0.15, 0.2) is 34.7 Å². The minimum Gasteiger partial charge on any atom is -0.322 e.